The molecule has 0 radical (unpaired) electrons. The quantitative estimate of drug-likeness (QED) is 0.463. The van der Waals surface area contributed by atoms with E-state index >= 15 is 0 Å². The van der Waals surface area contributed by atoms with Gasteiger partial charge in [0.15, 0.2) is 0 Å². The molecule has 2 amide bonds. The number of benzene rings is 1. The fourth-order valence-electron chi connectivity index (χ4n) is 1.95. The largest absolute Gasteiger partial charge is 0.399 e. The van der Waals surface area contributed by atoms with Crippen LogP contribution in [0.3, 0.4) is 0 Å². The van der Waals surface area contributed by atoms with Crippen molar-refractivity contribution in [2.45, 2.75) is 19.4 Å². The minimum absolute atomic E-state index is 0.303. The summed E-state index contributed by atoms with van der Waals surface area (Å²) in [4.78, 5) is 30.2. The molecule has 1 heterocycles. The molecule has 0 saturated carbocycles. The maximum absolute atomic E-state index is 12.2. The molecule has 0 aromatic heterocycles. The van der Waals surface area contributed by atoms with Gasteiger partial charge in [0.2, 0.25) is 0 Å². The molecule has 1 aliphatic heterocycles. The van der Waals surface area contributed by atoms with Gasteiger partial charge in [-0.1, -0.05) is 17.3 Å². The summed E-state index contributed by atoms with van der Waals surface area (Å²) in [6.45, 7) is 3.47. The van der Waals surface area contributed by atoms with E-state index in [0.29, 0.717) is 11.1 Å². The summed E-state index contributed by atoms with van der Waals surface area (Å²) >= 11 is 0. The van der Waals surface area contributed by atoms with E-state index in [1.807, 2.05) is 0 Å². The monoisotopic (exact) mass is 246 g/mol. The minimum atomic E-state index is -0.830. The highest BCUT2D eigenvalue weighted by Crippen LogP contribution is 2.28. The lowest BCUT2D eigenvalue weighted by molar-refractivity contribution is 0.0562. The molecular formula is C13H14N2O3. The third-order valence-corrected chi connectivity index (χ3v) is 2.84. The summed E-state index contributed by atoms with van der Waals surface area (Å²) in [5, 5.41) is 3.65. The Bertz CT molecular complexity index is 500. The van der Waals surface area contributed by atoms with E-state index < -0.39 is 5.54 Å². The molecule has 5 heteroatoms. The normalized spacial score (nSPS) is 15.4. The third kappa shape index (κ3) is 1.77. The van der Waals surface area contributed by atoms with Gasteiger partial charge in [-0.3, -0.25) is 14.5 Å². The number of fused-ring (bicyclic) bond motifs is 1. The van der Waals surface area contributed by atoms with E-state index in [1.165, 1.54) is 18.2 Å². The van der Waals surface area contributed by atoms with Crippen molar-refractivity contribution >= 4 is 18.0 Å². The predicted octanol–water partition coefficient (Wildman–Crippen LogP) is 1.69. The van der Waals surface area contributed by atoms with Crippen LogP contribution < -0.4 is 0 Å². The number of carbonyl (C=O) groups is 2. The summed E-state index contributed by atoms with van der Waals surface area (Å²) in [5.74, 6) is -0.605. The Kier molecular flexibility index (Phi) is 2.90. The van der Waals surface area contributed by atoms with Gasteiger partial charge in [0.05, 0.1) is 22.9 Å². The number of hydrogen-bond donors (Lipinski definition) is 0. The Morgan fingerprint density at radius 3 is 2.11 bits per heavy atom. The van der Waals surface area contributed by atoms with E-state index in [2.05, 4.69) is 9.99 Å². The molecule has 18 heavy (non-hydrogen) atoms. The van der Waals surface area contributed by atoms with E-state index in [0.717, 1.165) is 0 Å². The molecule has 0 aliphatic carbocycles. The van der Waals surface area contributed by atoms with Gasteiger partial charge < -0.3 is 4.84 Å². The highest BCUT2D eigenvalue weighted by Gasteiger charge is 2.43. The van der Waals surface area contributed by atoms with Gasteiger partial charge in [-0.2, -0.15) is 0 Å². The third-order valence-electron chi connectivity index (χ3n) is 2.84. The molecule has 0 fully saturated rings. The summed E-state index contributed by atoms with van der Waals surface area (Å²) in [6.07, 6.45) is 1.44. The fourth-order valence-corrected chi connectivity index (χ4v) is 1.95. The Morgan fingerprint density at radius 1 is 1.17 bits per heavy atom. The molecular weight excluding hydrogens is 232 g/mol. The van der Waals surface area contributed by atoms with E-state index in [-0.39, 0.29) is 11.8 Å². The molecule has 1 aliphatic rings. The van der Waals surface area contributed by atoms with Crippen molar-refractivity contribution in [2.75, 3.05) is 7.11 Å². The standard InChI is InChI=1S/C13H14N2O3/c1-13(2,8-14-18-3)15-11(16)9-6-4-5-7-10(9)12(15)17/h4-8H,1-3H3. The lowest BCUT2D eigenvalue weighted by Gasteiger charge is -2.29. The number of hydrogen-bond acceptors (Lipinski definition) is 4. The second kappa shape index (κ2) is 4.25. The molecule has 5 nitrogen and oxygen atoms in total. The zero-order chi connectivity index (χ0) is 13.3. The van der Waals surface area contributed by atoms with Gasteiger partial charge in [-0.05, 0) is 26.0 Å². The van der Waals surface area contributed by atoms with Crippen LogP contribution in [0.2, 0.25) is 0 Å². The van der Waals surface area contributed by atoms with E-state index in [4.69, 9.17) is 0 Å². The lowest BCUT2D eigenvalue weighted by atomic mass is 10.1. The second-order valence-corrected chi connectivity index (χ2v) is 4.56. The lowest BCUT2D eigenvalue weighted by Crippen LogP contribution is -2.48. The maximum Gasteiger partial charge on any atom is 0.262 e. The van der Waals surface area contributed by atoms with Gasteiger partial charge in [-0.25, -0.2) is 0 Å². The first-order valence-corrected chi connectivity index (χ1v) is 5.54. The van der Waals surface area contributed by atoms with Crippen molar-refractivity contribution in [2.24, 2.45) is 5.16 Å². The average molecular weight is 246 g/mol. The molecule has 0 bridgehead atoms. The van der Waals surface area contributed by atoms with Crippen molar-refractivity contribution < 1.29 is 14.4 Å². The van der Waals surface area contributed by atoms with Gasteiger partial charge in [-0.15, -0.1) is 0 Å². The molecule has 2 rings (SSSR count). The Hall–Kier alpha value is -2.17. The highest BCUT2D eigenvalue weighted by molar-refractivity contribution is 6.22. The first-order chi connectivity index (χ1) is 8.49. The SMILES string of the molecule is CON=CC(C)(C)N1C(=O)c2ccccc2C1=O. The summed E-state index contributed by atoms with van der Waals surface area (Å²) < 4.78 is 0. The molecule has 1 aromatic carbocycles. The summed E-state index contributed by atoms with van der Waals surface area (Å²) in [7, 11) is 1.41. The van der Waals surface area contributed by atoms with Crippen molar-refractivity contribution in [1.29, 1.82) is 0 Å². The first-order valence-electron chi connectivity index (χ1n) is 5.54. The molecule has 0 N–H and O–H groups in total. The van der Waals surface area contributed by atoms with Gasteiger partial charge in [0, 0.05) is 0 Å². The van der Waals surface area contributed by atoms with E-state index in [1.54, 1.807) is 38.1 Å². The minimum Gasteiger partial charge on any atom is -0.399 e. The average Bonchev–Trinajstić information content (AvgIpc) is 2.61. The molecule has 94 valence electrons. The second-order valence-electron chi connectivity index (χ2n) is 4.56. The van der Waals surface area contributed by atoms with Crippen LogP contribution in [0.25, 0.3) is 0 Å². The fraction of sp³-hybridized carbons (Fsp3) is 0.308. The highest BCUT2D eigenvalue weighted by atomic mass is 16.6. The van der Waals surface area contributed by atoms with Crippen LogP contribution in [-0.4, -0.2) is 35.6 Å². The smallest absolute Gasteiger partial charge is 0.262 e. The maximum atomic E-state index is 12.2. The topological polar surface area (TPSA) is 59.0 Å². The molecule has 0 spiro atoms. The van der Waals surface area contributed by atoms with Crippen LogP contribution in [0.1, 0.15) is 34.6 Å². The zero-order valence-corrected chi connectivity index (χ0v) is 10.5. The van der Waals surface area contributed by atoms with Gasteiger partial charge >= 0.3 is 0 Å². The predicted molar refractivity (Wildman–Crippen MR) is 66.5 cm³/mol. The van der Waals surface area contributed by atoms with Crippen LogP contribution >= 0.6 is 0 Å². The van der Waals surface area contributed by atoms with E-state index in [9.17, 15) is 9.59 Å². The van der Waals surface area contributed by atoms with Crippen molar-refractivity contribution in [3.8, 4) is 0 Å². The van der Waals surface area contributed by atoms with Gasteiger partial charge in [0.1, 0.15) is 7.11 Å². The van der Waals surface area contributed by atoms with Crippen molar-refractivity contribution in [1.82, 2.24) is 4.90 Å². The van der Waals surface area contributed by atoms with Crippen LogP contribution in [0, 0.1) is 0 Å². The molecule has 0 saturated heterocycles. The summed E-state index contributed by atoms with van der Waals surface area (Å²) in [6, 6.07) is 6.78. The summed E-state index contributed by atoms with van der Waals surface area (Å²) in [5.41, 5.74) is 0.0335. The van der Waals surface area contributed by atoms with Crippen molar-refractivity contribution in [3.05, 3.63) is 35.4 Å². The van der Waals surface area contributed by atoms with Gasteiger partial charge in [0.25, 0.3) is 11.8 Å². The first kappa shape index (κ1) is 12.3. The number of amides is 2. The Morgan fingerprint density at radius 2 is 1.67 bits per heavy atom. The molecule has 0 unspecified atom stereocenters. The number of carbonyl (C=O) groups excluding carboxylic acids is 2. The number of imide groups is 1. The van der Waals surface area contributed by atoms with Crippen LogP contribution in [0.15, 0.2) is 29.4 Å². The van der Waals surface area contributed by atoms with Crippen LogP contribution in [0.5, 0.6) is 0 Å². The molecule has 1 aromatic rings. The number of oxime groups is 1. The Labute approximate surface area is 105 Å². The number of nitrogens with zero attached hydrogens (tertiary/aromatic N) is 2. The van der Waals surface area contributed by atoms with Crippen LogP contribution in [0.4, 0.5) is 0 Å². The van der Waals surface area contributed by atoms with Crippen molar-refractivity contribution in [3.63, 3.8) is 0 Å². The zero-order valence-electron chi connectivity index (χ0n) is 10.5. The van der Waals surface area contributed by atoms with Crippen LogP contribution in [-0.2, 0) is 4.84 Å². The number of rotatable bonds is 3. The molecule has 0 atom stereocenters. The Balaban J connectivity index is 2.42.